The van der Waals surface area contributed by atoms with E-state index in [9.17, 15) is 14.0 Å². The zero-order valence-electron chi connectivity index (χ0n) is 9.81. The van der Waals surface area contributed by atoms with Crippen molar-refractivity contribution in [1.29, 1.82) is 0 Å². The topological polar surface area (TPSA) is 86.6 Å². The molecule has 0 aliphatic heterocycles. The summed E-state index contributed by atoms with van der Waals surface area (Å²) in [4.78, 5) is 21.9. The Morgan fingerprint density at radius 1 is 1.44 bits per heavy atom. The van der Waals surface area contributed by atoms with Crippen molar-refractivity contribution in [3.05, 3.63) is 35.1 Å². The van der Waals surface area contributed by atoms with E-state index in [1.54, 1.807) is 13.0 Å². The van der Waals surface area contributed by atoms with Gasteiger partial charge in [0.2, 0.25) is 0 Å². The Bertz CT molecular complexity index is 461. The summed E-state index contributed by atoms with van der Waals surface area (Å²) in [6.45, 7) is 1.68. The minimum atomic E-state index is -1.53. The molecular weight excluding hydrogens is 241 g/mol. The van der Waals surface area contributed by atoms with Crippen LogP contribution in [0.4, 0.5) is 4.39 Å². The van der Waals surface area contributed by atoms with Gasteiger partial charge in [-0.25, -0.2) is 9.18 Å². The number of aryl methyl sites for hydroxylation is 1. The Hall–Kier alpha value is -1.95. The highest BCUT2D eigenvalue weighted by molar-refractivity contribution is 5.94. The van der Waals surface area contributed by atoms with E-state index in [-0.39, 0.29) is 18.5 Å². The van der Waals surface area contributed by atoms with Gasteiger partial charge in [0.25, 0.3) is 5.91 Å². The highest BCUT2D eigenvalue weighted by atomic mass is 19.1. The highest BCUT2D eigenvalue weighted by Crippen LogP contribution is 2.09. The number of carboxylic acid groups (broad SMARTS) is 1. The van der Waals surface area contributed by atoms with Gasteiger partial charge in [0.05, 0.1) is 5.56 Å². The minimum Gasteiger partial charge on any atom is -0.479 e. The normalized spacial score (nSPS) is 11.9. The van der Waals surface area contributed by atoms with E-state index in [4.69, 9.17) is 10.2 Å². The van der Waals surface area contributed by atoms with Crippen LogP contribution in [0.1, 0.15) is 22.3 Å². The number of hydrogen-bond donors (Lipinski definition) is 3. The number of aliphatic hydroxyl groups excluding tert-OH is 1. The van der Waals surface area contributed by atoms with E-state index in [1.165, 1.54) is 12.1 Å². The molecule has 1 aromatic carbocycles. The van der Waals surface area contributed by atoms with Gasteiger partial charge in [-0.15, -0.1) is 0 Å². The van der Waals surface area contributed by atoms with Crippen molar-refractivity contribution in [3.8, 4) is 0 Å². The van der Waals surface area contributed by atoms with Crippen LogP contribution in [-0.4, -0.2) is 34.7 Å². The number of nitrogens with one attached hydrogen (secondary N) is 1. The lowest BCUT2D eigenvalue weighted by Crippen LogP contribution is -2.30. The van der Waals surface area contributed by atoms with Crippen molar-refractivity contribution in [1.82, 2.24) is 5.32 Å². The average Bonchev–Trinajstić information content (AvgIpc) is 2.31. The molecular formula is C12H14FNO4. The van der Waals surface area contributed by atoms with E-state index in [2.05, 4.69) is 5.32 Å². The summed E-state index contributed by atoms with van der Waals surface area (Å²) in [5.74, 6) is -2.63. The summed E-state index contributed by atoms with van der Waals surface area (Å²) in [5.41, 5.74) is 0.645. The van der Waals surface area contributed by atoms with Gasteiger partial charge in [0.15, 0.2) is 6.10 Å². The molecule has 1 aromatic rings. The molecule has 0 aliphatic rings. The van der Waals surface area contributed by atoms with Gasteiger partial charge in [-0.05, 0) is 19.1 Å². The van der Waals surface area contributed by atoms with E-state index < -0.39 is 23.8 Å². The van der Waals surface area contributed by atoms with Crippen LogP contribution in [0.3, 0.4) is 0 Å². The van der Waals surface area contributed by atoms with Gasteiger partial charge >= 0.3 is 5.97 Å². The lowest BCUT2D eigenvalue weighted by molar-refractivity contribution is -0.146. The Kier molecular flexibility index (Phi) is 4.79. The molecule has 1 rings (SSSR count). The third-order valence-corrected chi connectivity index (χ3v) is 2.35. The van der Waals surface area contributed by atoms with Crippen molar-refractivity contribution in [2.24, 2.45) is 0 Å². The van der Waals surface area contributed by atoms with Gasteiger partial charge in [-0.1, -0.05) is 11.6 Å². The molecule has 18 heavy (non-hydrogen) atoms. The Morgan fingerprint density at radius 2 is 2.11 bits per heavy atom. The predicted molar refractivity (Wildman–Crippen MR) is 61.7 cm³/mol. The van der Waals surface area contributed by atoms with E-state index in [0.717, 1.165) is 5.56 Å². The number of hydrogen-bond acceptors (Lipinski definition) is 3. The second kappa shape index (κ2) is 6.11. The van der Waals surface area contributed by atoms with Crippen molar-refractivity contribution in [2.75, 3.05) is 6.54 Å². The van der Waals surface area contributed by atoms with Crippen molar-refractivity contribution >= 4 is 11.9 Å². The van der Waals surface area contributed by atoms with Crippen LogP contribution in [-0.2, 0) is 4.79 Å². The molecule has 1 atom stereocenters. The highest BCUT2D eigenvalue weighted by Gasteiger charge is 2.15. The zero-order chi connectivity index (χ0) is 13.7. The molecule has 5 nitrogen and oxygen atoms in total. The molecule has 0 aromatic heterocycles. The first-order chi connectivity index (χ1) is 8.41. The maximum atomic E-state index is 13.3. The molecule has 6 heteroatoms. The second-order valence-corrected chi connectivity index (χ2v) is 3.88. The van der Waals surface area contributed by atoms with Gasteiger partial charge in [0.1, 0.15) is 5.82 Å². The molecule has 0 aliphatic carbocycles. The van der Waals surface area contributed by atoms with E-state index in [0.29, 0.717) is 0 Å². The lowest BCUT2D eigenvalue weighted by Gasteiger charge is -2.08. The number of aliphatic carboxylic acids is 1. The van der Waals surface area contributed by atoms with Gasteiger partial charge in [-0.3, -0.25) is 4.79 Å². The monoisotopic (exact) mass is 255 g/mol. The lowest BCUT2D eigenvalue weighted by atomic mass is 10.1. The number of aliphatic hydroxyl groups is 1. The van der Waals surface area contributed by atoms with Crippen LogP contribution in [0.15, 0.2) is 18.2 Å². The SMILES string of the molecule is Cc1ccc(F)c(C(=O)NCC[C@H](O)C(=O)O)c1. The van der Waals surface area contributed by atoms with Crippen molar-refractivity contribution in [2.45, 2.75) is 19.4 Å². The summed E-state index contributed by atoms with van der Waals surface area (Å²) in [5, 5.41) is 19.8. The first-order valence-corrected chi connectivity index (χ1v) is 5.37. The van der Waals surface area contributed by atoms with Gasteiger partial charge in [0, 0.05) is 13.0 Å². The Morgan fingerprint density at radius 3 is 2.72 bits per heavy atom. The van der Waals surface area contributed by atoms with Crippen LogP contribution in [0.25, 0.3) is 0 Å². The van der Waals surface area contributed by atoms with Crippen LogP contribution < -0.4 is 5.32 Å². The van der Waals surface area contributed by atoms with Crippen LogP contribution in [0, 0.1) is 12.7 Å². The number of rotatable bonds is 5. The van der Waals surface area contributed by atoms with Crippen molar-refractivity contribution < 1.29 is 24.2 Å². The van der Waals surface area contributed by atoms with Crippen LogP contribution >= 0.6 is 0 Å². The number of carbonyl (C=O) groups excluding carboxylic acids is 1. The summed E-state index contributed by atoms with van der Waals surface area (Å²) in [7, 11) is 0. The second-order valence-electron chi connectivity index (χ2n) is 3.88. The molecule has 0 heterocycles. The molecule has 0 saturated carbocycles. The van der Waals surface area contributed by atoms with E-state index in [1.807, 2.05) is 0 Å². The molecule has 0 saturated heterocycles. The smallest absolute Gasteiger partial charge is 0.332 e. The average molecular weight is 255 g/mol. The first-order valence-electron chi connectivity index (χ1n) is 5.37. The number of amides is 1. The molecule has 98 valence electrons. The summed E-state index contributed by atoms with van der Waals surface area (Å²) < 4.78 is 13.3. The fourth-order valence-electron chi connectivity index (χ4n) is 1.35. The fraction of sp³-hybridized carbons (Fsp3) is 0.333. The molecule has 0 spiro atoms. The number of carboxylic acids is 1. The van der Waals surface area contributed by atoms with E-state index >= 15 is 0 Å². The maximum absolute atomic E-state index is 13.3. The minimum absolute atomic E-state index is 0.0420. The zero-order valence-corrected chi connectivity index (χ0v) is 9.81. The number of carbonyl (C=O) groups is 2. The first kappa shape index (κ1) is 14.1. The Balaban J connectivity index is 2.55. The fourth-order valence-corrected chi connectivity index (χ4v) is 1.35. The standard InChI is InChI=1S/C12H14FNO4/c1-7-2-3-9(13)8(6-7)11(16)14-5-4-10(15)12(17)18/h2-3,6,10,15H,4-5H2,1H3,(H,14,16)(H,17,18)/t10-/m0/s1. The van der Waals surface area contributed by atoms with Gasteiger partial charge in [-0.2, -0.15) is 0 Å². The summed E-state index contributed by atoms with van der Waals surface area (Å²) in [6.07, 6.45) is -1.67. The van der Waals surface area contributed by atoms with Crippen molar-refractivity contribution in [3.63, 3.8) is 0 Å². The Labute approximate surface area is 103 Å². The maximum Gasteiger partial charge on any atom is 0.332 e. The number of halogens is 1. The molecule has 3 N–H and O–H groups in total. The molecule has 0 unspecified atom stereocenters. The largest absolute Gasteiger partial charge is 0.479 e. The molecule has 0 radical (unpaired) electrons. The van der Waals surface area contributed by atoms with Crippen LogP contribution in [0.5, 0.6) is 0 Å². The summed E-state index contributed by atoms with van der Waals surface area (Å²) in [6, 6.07) is 4.13. The van der Waals surface area contributed by atoms with Gasteiger partial charge < -0.3 is 15.5 Å². The summed E-state index contributed by atoms with van der Waals surface area (Å²) >= 11 is 0. The van der Waals surface area contributed by atoms with Crippen LogP contribution in [0.2, 0.25) is 0 Å². The molecule has 0 fully saturated rings. The predicted octanol–water partition coefficient (Wildman–Crippen LogP) is 0.700. The third-order valence-electron chi connectivity index (χ3n) is 2.35. The quantitative estimate of drug-likeness (QED) is 0.722. The molecule has 1 amide bonds. The number of benzene rings is 1. The molecule has 0 bridgehead atoms. The third kappa shape index (κ3) is 3.81.